The number of alkyl halides is 3. The highest BCUT2D eigenvalue weighted by atomic mass is 19.4. The molecule has 0 saturated carbocycles. The fourth-order valence-electron chi connectivity index (χ4n) is 1.78. The highest BCUT2D eigenvalue weighted by Gasteiger charge is 2.30. The number of carboxylic acids is 1. The van der Waals surface area contributed by atoms with Gasteiger partial charge in [0, 0.05) is 11.8 Å². The van der Waals surface area contributed by atoms with Crippen LogP contribution in [0.4, 0.5) is 13.2 Å². The molecule has 0 fully saturated rings. The van der Waals surface area contributed by atoms with Crippen LogP contribution in [0.2, 0.25) is 0 Å². The standard InChI is InChI=1S/C14H10F3NO3/c1-21-12-11(13(19)20)6-9(7-18-12)8-2-4-10(5-3-8)14(15,16)17/h2-7H,1H3,(H,19,20). The molecule has 0 bridgehead atoms. The number of rotatable bonds is 3. The first-order valence-corrected chi connectivity index (χ1v) is 5.78. The Kier molecular flexibility index (Phi) is 3.84. The largest absolute Gasteiger partial charge is 0.480 e. The van der Waals surface area contributed by atoms with Crippen LogP contribution in [0.1, 0.15) is 15.9 Å². The van der Waals surface area contributed by atoms with Gasteiger partial charge in [-0.15, -0.1) is 0 Å². The number of hydrogen-bond acceptors (Lipinski definition) is 3. The van der Waals surface area contributed by atoms with E-state index in [2.05, 4.69) is 4.98 Å². The van der Waals surface area contributed by atoms with Crippen molar-refractivity contribution in [2.45, 2.75) is 6.18 Å². The van der Waals surface area contributed by atoms with Crippen LogP contribution in [0.5, 0.6) is 5.88 Å². The van der Waals surface area contributed by atoms with Crippen molar-refractivity contribution >= 4 is 5.97 Å². The molecule has 21 heavy (non-hydrogen) atoms. The van der Waals surface area contributed by atoms with E-state index in [0.29, 0.717) is 11.1 Å². The first kappa shape index (κ1) is 14.8. The fraction of sp³-hybridized carbons (Fsp3) is 0.143. The molecule has 2 aromatic rings. The van der Waals surface area contributed by atoms with Gasteiger partial charge in [0.05, 0.1) is 12.7 Å². The van der Waals surface area contributed by atoms with Crippen molar-refractivity contribution < 1.29 is 27.8 Å². The van der Waals surface area contributed by atoms with E-state index in [0.717, 1.165) is 12.1 Å². The van der Waals surface area contributed by atoms with Crippen molar-refractivity contribution in [3.8, 4) is 17.0 Å². The Labute approximate surface area is 117 Å². The number of carbonyl (C=O) groups is 1. The van der Waals surface area contributed by atoms with Crippen molar-refractivity contribution in [3.63, 3.8) is 0 Å². The molecule has 0 atom stereocenters. The Morgan fingerprint density at radius 1 is 1.19 bits per heavy atom. The molecule has 4 nitrogen and oxygen atoms in total. The molecule has 0 aliphatic rings. The van der Waals surface area contributed by atoms with Gasteiger partial charge in [-0.25, -0.2) is 9.78 Å². The molecule has 1 N–H and O–H groups in total. The van der Waals surface area contributed by atoms with Gasteiger partial charge in [0.25, 0.3) is 0 Å². The van der Waals surface area contributed by atoms with Gasteiger partial charge < -0.3 is 9.84 Å². The molecule has 0 aliphatic carbocycles. The predicted octanol–water partition coefficient (Wildman–Crippen LogP) is 3.47. The van der Waals surface area contributed by atoms with E-state index in [-0.39, 0.29) is 11.4 Å². The van der Waals surface area contributed by atoms with Crippen molar-refractivity contribution in [3.05, 3.63) is 47.7 Å². The monoisotopic (exact) mass is 297 g/mol. The van der Waals surface area contributed by atoms with E-state index in [4.69, 9.17) is 9.84 Å². The summed E-state index contributed by atoms with van der Waals surface area (Å²) in [6.45, 7) is 0. The van der Waals surface area contributed by atoms with E-state index in [1.165, 1.54) is 31.5 Å². The Morgan fingerprint density at radius 3 is 2.29 bits per heavy atom. The summed E-state index contributed by atoms with van der Waals surface area (Å²) in [4.78, 5) is 14.9. The number of methoxy groups -OCH3 is 1. The number of aromatic nitrogens is 1. The average molecular weight is 297 g/mol. The average Bonchev–Trinajstić information content (AvgIpc) is 2.45. The smallest absolute Gasteiger partial charge is 0.416 e. The van der Waals surface area contributed by atoms with Crippen molar-refractivity contribution in [2.75, 3.05) is 7.11 Å². The third kappa shape index (κ3) is 3.13. The fourth-order valence-corrected chi connectivity index (χ4v) is 1.78. The first-order chi connectivity index (χ1) is 9.82. The SMILES string of the molecule is COc1ncc(-c2ccc(C(F)(F)F)cc2)cc1C(=O)O. The number of aromatic carboxylic acids is 1. The maximum absolute atomic E-state index is 12.5. The lowest BCUT2D eigenvalue weighted by atomic mass is 10.0. The third-order valence-electron chi connectivity index (χ3n) is 2.82. The van der Waals surface area contributed by atoms with Crippen LogP contribution in [0.25, 0.3) is 11.1 Å². The maximum atomic E-state index is 12.5. The molecule has 110 valence electrons. The summed E-state index contributed by atoms with van der Waals surface area (Å²) in [5.74, 6) is -1.29. The Balaban J connectivity index is 2.43. The lowest BCUT2D eigenvalue weighted by Crippen LogP contribution is -2.04. The molecule has 1 aromatic heterocycles. The molecule has 7 heteroatoms. The van der Waals surface area contributed by atoms with Crippen LogP contribution >= 0.6 is 0 Å². The van der Waals surface area contributed by atoms with Crippen LogP contribution in [0.15, 0.2) is 36.5 Å². The number of nitrogens with zero attached hydrogens (tertiary/aromatic N) is 1. The topological polar surface area (TPSA) is 59.4 Å². The minimum Gasteiger partial charge on any atom is -0.480 e. The van der Waals surface area contributed by atoms with Gasteiger partial charge in [-0.3, -0.25) is 0 Å². The second-order valence-corrected chi connectivity index (χ2v) is 4.16. The number of carboxylic acid groups (broad SMARTS) is 1. The normalized spacial score (nSPS) is 11.2. The Bertz CT molecular complexity index is 666. The summed E-state index contributed by atoms with van der Waals surface area (Å²) in [6.07, 6.45) is -3.07. The van der Waals surface area contributed by atoms with Gasteiger partial charge >= 0.3 is 12.1 Å². The summed E-state index contributed by atoms with van der Waals surface area (Å²) in [5, 5.41) is 9.05. The summed E-state index contributed by atoms with van der Waals surface area (Å²) >= 11 is 0. The van der Waals surface area contributed by atoms with Crippen LogP contribution in [0, 0.1) is 0 Å². The van der Waals surface area contributed by atoms with E-state index in [1.54, 1.807) is 0 Å². The zero-order chi connectivity index (χ0) is 15.6. The number of ether oxygens (including phenoxy) is 1. The first-order valence-electron chi connectivity index (χ1n) is 5.78. The second kappa shape index (κ2) is 5.43. The number of benzene rings is 1. The minimum atomic E-state index is -4.41. The summed E-state index contributed by atoms with van der Waals surface area (Å²) in [6, 6.07) is 5.69. The molecule has 1 aromatic carbocycles. The summed E-state index contributed by atoms with van der Waals surface area (Å²) < 4.78 is 42.3. The molecule has 0 aliphatic heterocycles. The van der Waals surface area contributed by atoms with Crippen LogP contribution in [-0.4, -0.2) is 23.2 Å². The van der Waals surface area contributed by atoms with Gasteiger partial charge in [0.15, 0.2) is 0 Å². The van der Waals surface area contributed by atoms with Gasteiger partial charge in [0.2, 0.25) is 5.88 Å². The molecule has 0 radical (unpaired) electrons. The molecule has 0 unspecified atom stereocenters. The van der Waals surface area contributed by atoms with Gasteiger partial charge in [-0.1, -0.05) is 12.1 Å². The zero-order valence-corrected chi connectivity index (χ0v) is 10.8. The summed E-state index contributed by atoms with van der Waals surface area (Å²) in [7, 11) is 1.28. The lowest BCUT2D eigenvalue weighted by Gasteiger charge is -2.09. The van der Waals surface area contributed by atoms with E-state index >= 15 is 0 Å². The highest BCUT2D eigenvalue weighted by molar-refractivity contribution is 5.91. The van der Waals surface area contributed by atoms with E-state index < -0.39 is 17.7 Å². The molecule has 0 saturated heterocycles. The quantitative estimate of drug-likeness (QED) is 0.942. The number of hydrogen-bond donors (Lipinski definition) is 1. The van der Waals surface area contributed by atoms with Crippen molar-refractivity contribution in [1.82, 2.24) is 4.98 Å². The van der Waals surface area contributed by atoms with E-state index in [9.17, 15) is 18.0 Å². The number of pyridine rings is 1. The molecular weight excluding hydrogens is 287 g/mol. The second-order valence-electron chi connectivity index (χ2n) is 4.16. The lowest BCUT2D eigenvalue weighted by molar-refractivity contribution is -0.137. The molecule has 0 spiro atoms. The van der Waals surface area contributed by atoms with E-state index in [1.807, 2.05) is 0 Å². The number of halogens is 3. The molecular formula is C14H10F3NO3. The zero-order valence-electron chi connectivity index (χ0n) is 10.8. The molecule has 1 heterocycles. The van der Waals surface area contributed by atoms with Crippen molar-refractivity contribution in [2.24, 2.45) is 0 Å². The molecule has 0 amide bonds. The highest BCUT2D eigenvalue weighted by Crippen LogP contribution is 2.31. The third-order valence-corrected chi connectivity index (χ3v) is 2.82. The Morgan fingerprint density at radius 2 is 1.81 bits per heavy atom. The van der Waals surface area contributed by atoms with Crippen molar-refractivity contribution in [1.29, 1.82) is 0 Å². The van der Waals surface area contributed by atoms with Gasteiger partial charge in [-0.2, -0.15) is 13.2 Å². The van der Waals surface area contributed by atoms with Crippen LogP contribution in [-0.2, 0) is 6.18 Å². The Hall–Kier alpha value is -2.57. The maximum Gasteiger partial charge on any atom is 0.416 e. The van der Waals surface area contributed by atoms with Gasteiger partial charge in [-0.05, 0) is 23.8 Å². The predicted molar refractivity (Wildman–Crippen MR) is 68.2 cm³/mol. The van der Waals surface area contributed by atoms with Crippen LogP contribution < -0.4 is 4.74 Å². The van der Waals surface area contributed by atoms with Gasteiger partial charge in [0.1, 0.15) is 5.56 Å². The van der Waals surface area contributed by atoms with Crippen LogP contribution in [0.3, 0.4) is 0 Å². The minimum absolute atomic E-state index is 0.0573. The molecule has 2 rings (SSSR count). The summed E-state index contributed by atoms with van der Waals surface area (Å²) in [5.41, 5.74) is -0.108.